The number of urea groups is 1. The van der Waals surface area contributed by atoms with Crippen LogP contribution in [0.15, 0.2) is 18.2 Å². The number of amides is 2. The maximum absolute atomic E-state index is 12.2. The number of nitrogens with zero attached hydrogens (tertiary/aromatic N) is 1. The van der Waals surface area contributed by atoms with Gasteiger partial charge >= 0.3 is 12.0 Å². The minimum absolute atomic E-state index is 0.0168. The number of nitrogens with one attached hydrogen (secondary N) is 1. The molecule has 0 spiro atoms. The van der Waals surface area contributed by atoms with Crippen molar-refractivity contribution in [1.29, 1.82) is 0 Å². The molecule has 5 nitrogen and oxygen atoms in total. The largest absolute Gasteiger partial charge is 0.481 e. The number of hydrogen-bond donors (Lipinski definition) is 2. The van der Waals surface area contributed by atoms with Crippen molar-refractivity contribution >= 4 is 17.7 Å². The van der Waals surface area contributed by atoms with Gasteiger partial charge < -0.3 is 15.3 Å². The van der Waals surface area contributed by atoms with Crippen LogP contribution in [-0.2, 0) is 4.79 Å². The van der Waals surface area contributed by atoms with Gasteiger partial charge in [-0.2, -0.15) is 0 Å². The van der Waals surface area contributed by atoms with Gasteiger partial charge in [0.25, 0.3) is 0 Å². The Morgan fingerprint density at radius 1 is 1.30 bits per heavy atom. The highest BCUT2D eigenvalue weighted by Crippen LogP contribution is 2.24. The van der Waals surface area contributed by atoms with E-state index in [2.05, 4.69) is 5.32 Å². The zero-order valence-corrected chi connectivity index (χ0v) is 12.0. The molecule has 1 aliphatic heterocycles. The Bertz CT molecular complexity index is 542. The summed E-state index contributed by atoms with van der Waals surface area (Å²) in [6, 6.07) is 5.64. The van der Waals surface area contributed by atoms with Gasteiger partial charge in [-0.05, 0) is 37.0 Å². The maximum Gasteiger partial charge on any atom is 0.321 e. The zero-order valence-electron chi connectivity index (χ0n) is 12.0. The molecule has 0 bridgehead atoms. The second kappa shape index (κ2) is 5.53. The van der Waals surface area contributed by atoms with E-state index in [9.17, 15) is 9.59 Å². The molecule has 108 valence electrons. The quantitative estimate of drug-likeness (QED) is 0.872. The van der Waals surface area contributed by atoms with Gasteiger partial charge in [0.05, 0.1) is 5.92 Å². The standard InChI is InChI=1S/C15H20N2O3/c1-9-4-5-10(2)13(6-9)16-15(20)17-7-11(3)12(8-17)14(18)19/h4-6,11-12H,7-8H2,1-3H3,(H,16,20)(H,18,19). The summed E-state index contributed by atoms with van der Waals surface area (Å²) in [5.74, 6) is -1.32. The van der Waals surface area contributed by atoms with Crippen LogP contribution in [0.5, 0.6) is 0 Å². The minimum Gasteiger partial charge on any atom is -0.481 e. The number of anilines is 1. The SMILES string of the molecule is Cc1ccc(C)c(NC(=O)N2CC(C)C(C(=O)O)C2)c1. The predicted molar refractivity (Wildman–Crippen MR) is 76.8 cm³/mol. The van der Waals surface area contributed by atoms with Crippen LogP contribution < -0.4 is 5.32 Å². The molecule has 1 saturated heterocycles. The Labute approximate surface area is 118 Å². The number of carboxylic acids is 1. The van der Waals surface area contributed by atoms with Gasteiger partial charge in [-0.3, -0.25) is 4.79 Å². The summed E-state index contributed by atoms with van der Waals surface area (Å²) >= 11 is 0. The van der Waals surface area contributed by atoms with E-state index in [1.165, 1.54) is 0 Å². The van der Waals surface area contributed by atoms with E-state index in [4.69, 9.17) is 5.11 Å². The first-order valence-corrected chi connectivity index (χ1v) is 6.74. The van der Waals surface area contributed by atoms with Crippen LogP contribution in [0.4, 0.5) is 10.5 Å². The van der Waals surface area contributed by atoms with Gasteiger partial charge in [0.2, 0.25) is 0 Å². The molecule has 2 unspecified atom stereocenters. The van der Waals surface area contributed by atoms with Gasteiger partial charge in [-0.25, -0.2) is 4.79 Å². The molecule has 20 heavy (non-hydrogen) atoms. The van der Waals surface area contributed by atoms with E-state index >= 15 is 0 Å². The smallest absolute Gasteiger partial charge is 0.321 e. The number of hydrogen-bond acceptors (Lipinski definition) is 2. The zero-order chi connectivity index (χ0) is 14.9. The summed E-state index contributed by atoms with van der Waals surface area (Å²) in [6.45, 7) is 6.51. The first-order valence-electron chi connectivity index (χ1n) is 6.74. The van der Waals surface area contributed by atoms with Crippen LogP contribution in [0, 0.1) is 25.7 Å². The lowest BCUT2D eigenvalue weighted by Crippen LogP contribution is -2.34. The van der Waals surface area contributed by atoms with Crippen LogP contribution in [0.25, 0.3) is 0 Å². The lowest BCUT2D eigenvalue weighted by molar-refractivity contribution is -0.142. The summed E-state index contributed by atoms with van der Waals surface area (Å²) < 4.78 is 0. The van der Waals surface area contributed by atoms with E-state index in [1.807, 2.05) is 39.0 Å². The molecule has 5 heteroatoms. The maximum atomic E-state index is 12.2. The van der Waals surface area contributed by atoms with E-state index in [0.29, 0.717) is 6.54 Å². The number of carboxylic acid groups (broad SMARTS) is 1. The fourth-order valence-electron chi connectivity index (χ4n) is 2.52. The lowest BCUT2D eigenvalue weighted by atomic mass is 9.99. The highest BCUT2D eigenvalue weighted by atomic mass is 16.4. The molecule has 2 N–H and O–H groups in total. The summed E-state index contributed by atoms with van der Waals surface area (Å²) in [4.78, 5) is 24.9. The Hall–Kier alpha value is -2.04. The summed E-state index contributed by atoms with van der Waals surface area (Å²) in [5.41, 5.74) is 2.84. The van der Waals surface area contributed by atoms with Crippen molar-refractivity contribution in [2.24, 2.45) is 11.8 Å². The van der Waals surface area contributed by atoms with E-state index in [0.717, 1.165) is 16.8 Å². The molecule has 2 atom stereocenters. The summed E-state index contributed by atoms with van der Waals surface area (Å²) in [5, 5.41) is 12.0. The monoisotopic (exact) mass is 276 g/mol. The van der Waals surface area contributed by atoms with Gasteiger partial charge in [0.1, 0.15) is 0 Å². The minimum atomic E-state index is -0.834. The van der Waals surface area contributed by atoms with Crippen molar-refractivity contribution in [1.82, 2.24) is 4.90 Å². The molecule has 1 aliphatic rings. The first-order chi connectivity index (χ1) is 9.38. The third kappa shape index (κ3) is 2.92. The molecule has 0 aliphatic carbocycles. The van der Waals surface area contributed by atoms with E-state index in [-0.39, 0.29) is 18.5 Å². The fraction of sp³-hybridized carbons (Fsp3) is 0.467. The van der Waals surface area contributed by atoms with Crippen molar-refractivity contribution in [2.45, 2.75) is 20.8 Å². The molecule has 2 amide bonds. The number of likely N-dealkylation sites (tertiary alicyclic amines) is 1. The van der Waals surface area contributed by atoms with Crippen molar-refractivity contribution in [3.8, 4) is 0 Å². The molecule has 1 fully saturated rings. The Morgan fingerprint density at radius 2 is 2.00 bits per heavy atom. The van der Waals surface area contributed by atoms with Gasteiger partial charge in [0.15, 0.2) is 0 Å². The second-order valence-electron chi connectivity index (χ2n) is 5.58. The van der Waals surface area contributed by atoms with Gasteiger partial charge in [-0.1, -0.05) is 19.1 Å². The molecule has 0 radical (unpaired) electrons. The Morgan fingerprint density at radius 3 is 2.60 bits per heavy atom. The van der Waals surface area contributed by atoms with Crippen LogP contribution in [0.1, 0.15) is 18.1 Å². The van der Waals surface area contributed by atoms with Crippen LogP contribution >= 0.6 is 0 Å². The van der Waals surface area contributed by atoms with Crippen LogP contribution in [0.3, 0.4) is 0 Å². The van der Waals surface area contributed by atoms with Gasteiger partial charge in [0, 0.05) is 18.8 Å². The van der Waals surface area contributed by atoms with Crippen molar-refractivity contribution in [2.75, 3.05) is 18.4 Å². The highest BCUT2D eigenvalue weighted by Gasteiger charge is 2.36. The molecule has 0 aromatic heterocycles. The van der Waals surface area contributed by atoms with Gasteiger partial charge in [-0.15, -0.1) is 0 Å². The number of rotatable bonds is 2. The number of aliphatic carboxylic acids is 1. The number of carbonyl (C=O) groups excluding carboxylic acids is 1. The molecular formula is C15H20N2O3. The second-order valence-corrected chi connectivity index (χ2v) is 5.58. The van der Waals surface area contributed by atoms with E-state index < -0.39 is 11.9 Å². The molecule has 1 heterocycles. The number of carbonyl (C=O) groups is 2. The third-order valence-electron chi connectivity index (χ3n) is 3.85. The molecule has 0 saturated carbocycles. The normalized spacial score (nSPS) is 21.9. The lowest BCUT2D eigenvalue weighted by Gasteiger charge is -2.18. The average Bonchev–Trinajstić information content (AvgIpc) is 2.76. The molecular weight excluding hydrogens is 256 g/mol. The topological polar surface area (TPSA) is 69.6 Å². The van der Waals surface area contributed by atoms with Crippen molar-refractivity contribution in [3.05, 3.63) is 29.3 Å². The summed E-state index contributed by atoms with van der Waals surface area (Å²) in [6.07, 6.45) is 0. The number of benzene rings is 1. The molecule has 1 aromatic carbocycles. The highest BCUT2D eigenvalue weighted by molar-refractivity contribution is 5.91. The van der Waals surface area contributed by atoms with Crippen LogP contribution in [-0.4, -0.2) is 35.1 Å². The van der Waals surface area contributed by atoms with Crippen molar-refractivity contribution < 1.29 is 14.7 Å². The fourth-order valence-corrected chi connectivity index (χ4v) is 2.52. The van der Waals surface area contributed by atoms with E-state index in [1.54, 1.807) is 4.90 Å². The first kappa shape index (κ1) is 14.4. The van der Waals surface area contributed by atoms with Crippen LogP contribution in [0.2, 0.25) is 0 Å². The summed E-state index contributed by atoms with van der Waals surface area (Å²) in [7, 11) is 0. The Balaban J connectivity index is 2.06. The third-order valence-corrected chi connectivity index (χ3v) is 3.85. The predicted octanol–water partition coefficient (Wildman–Crippen LogP) is 2.49. The molecule has 2 rings (SSSR count). The Kier molecular flexibility index (Phi) is 3.97. The molecule has 1 aromatic rings. The number of aryl methyl sites for hydroxylation is 2. The van der Waals surface area contributed by atoms with Crippen molar-refractivity contribution in [3.63, 3.8) is 0 Å². The average molecular weight is 276 g/mol.